The fourth-order valence-corrected chi connectivity index (χ4v) is 3.84. The number of para-hydroxylation sites is 1. The normalized spacial score (nSPS) is 19.1. The number of aryl methyl sites for hydroxylation is 2. The van der Waals surface area contributed by atoms with Crippen LogP contribution >= 0.6 is 0 Å². The van der Waals surface area contributed by atoms with Crippen LogP contribution in [0.2, 0.25) is 0 Å². The standard InChI is InChI=1S/C20H27N5O2/c1-15-22-19-9-8-17(13-25(19)23-15)21-12-16-6-2-3-7-18(16)27-14-20(26)24-10-4-5-11-24/h2-3,6-7,17,21H,4-5,8-14H2,1H3. The van der Waals surface area contributed by atoms with Gasteiger partial charge in [0.15, 0.2) is 6.61 Å². The summed E-state index contributed by atoms with van der Waals surface area (Å²) >= 11 is 0. The number of hydrogen-bond donors (Lipinski definition) is 1. The molecule has 2 aliphatic heterocycles. The third-order valence-electron chi connectivity index (χ3n) is 5.33. The van der Waals surface area contributed by atoms with Crippen LogP contribution in [0.3, 0.4) is 0 Å². The Kier molecular flexibility index (Phi) is 5.38. The summed E-state index contributed by atoms with van der Waals surface area (Å²) in [5, 5.41) is 8.07. The molecule has 1 aromatic carbocycles. The number of carbonyl (C=O) groups excluding carboxylic acids is 1. The van der Waals surface area contributed by atoms with Crippen molar-refractivity contribution < 1.29 is 9.53 Å². The lowest BCUT2D eigenvalue weighted by Gasteiger charge is -2.24. The Morgan fingerprint density at radius 2 is 2.11 bits per heavy atom. The first kappa shape index (κ1) is 18.0. The van der Waals surface area contributed by atoms with E-state index in [1.54, 1.807) is 0 Å². The lowest BCUT2D eigenvalue weighted by Crippen LogP contribution is -2.37. The first-order chi connectivity index (χ1) is 13.2. The number of amides is 1. The van der Waals surface area contributed by atoms with Crippen molar-refractivity contribution in [3.63, 3.8) is 0 Å². The lowest BCUT2D eigenvalue weighted by atomic mass is 10.1. The summed E-state index contributed by atoms with van der Waals surface area (Å²) in [5.74, 6) is 2.78. The van der Waals surface area contributed by atoms with Gasteiger partial charge in [-0.05, 0) is 32.3 Å². The van der Waals surface area contributed by atoms with Crippen molar-refractivity contribution in [2.45, 2.75) is 51.7 Å². The van der Waals surface area contributed by atoms with Crippen molar-refractivity contribution in [2.75, 3.05) is 19.7 Å². The van der Waals surface area contributed by atoms with Crippen LogP contribution in [0.25, 0.3) is 0 Å². The third kappa shape index (κ3) is 4.30. The summed E-state index contributed by atoms with van der Waals surface area (Å²) in [6.07, 6.45) is 4.19. The highest BCUT2D eigenvalue weighted by molar-refractivity contribution is 5.78. The number of nitrogens with one attached hydrogen (secondary N) is 1. The minimum atomic E-state index is 0.0802. The van der Waals surface area contributed by atoms with Crippen molar-refractivity contribution >= 4 is 5.91 Å². The summed E-state index contributed by atoms with van der Waals surface area (Å²) < 4.78 is 7.86. The van der Waals surface area contributed by atoms with Crippen molar-refractivity contribution in [1.82, 2.24) is 25.0 Å². The molecule has 144 valence electrons. The number of ether oxygens (including phenoxy) is 1. The van der Waals surface area contributed by atoms with Gasteiger partial charge >= 0.3 is 0 Å². The van der Waals surface area contributed by atoms with Gasteiger partial charge in [-0.3, -0.25) is 4.79 Å². The second kappa shape index (κ2) is 8.08. The second-order valence-corrected chi connectivity index (χ2v) is 7.36. The zero-order valence-corrected chi connectivity index (χ0v) is 15.9. The molecule has 2 aliphatic rings. The average molecular weight is 369 g/mol. The Morgan fingerprint density at radius 3 is 2.96 bits per heavy atom. The molecular formula is C20H27N5O2. The number of aromatic nitrogens is 3. The number of benzene rings is 1. The molecule has 7 nitrogen and oxygen atoms in total. The van der Waals surface area contributed by atoms with Crippen molar-refractivity contribution in [3.05, 3.63) is 41.5 Å². The maximum Gasteiger partial charge on any atom is 0.260 e. The number of fused-ring (bicyclic) bond motifs is 1. The first-order valence-corrected chi connectivity index (χ1v) is 9.81. The Bertz CT molecular complexity index is 797. The van der Waals surface area contributed by atoms with Crippen LogP contribution in [0, 0.1) is 6.92 Å². The molecule has 0 bridgehead atoms. The summed E-state index contributed by atoms with van der Waals surface area (Å²) in [5.41, 5.74) is 1.08. The number of hydrogen-bond acceptors (Lipinski definition) is 5. The molecule has 1 N–H and O–H groups in total. The largest absolute Gasteiger partial charge is 0.483 e. The van der Waals surface area contributed by atoms with E-state index in [1.165, 1.54) is 0 Å². The van der Waals surface area contributed by atoms with Crippen molar-refractivity contribution in [3.8, 4) is 5.75 Å². The van der Waals surface area contributed by atoms with E-state index in [0.717, 1.165) is 68.3 Å². The van der Waals surface area contributed by atoms with Gasteiger partial charge in [0.1, 0.15) is 17.4 Å². The van der Waals surface area contributed by atoms with E-state index in [4.69, 9.17) is 4.74 Å². The van der Waals surface area contributed by atoms with Crippen LogP contribution in [0.5, 0.6) is 5.75 Å². The molecule has 1 aromatic heterocycles. The fourth-order valence-electron chi connectivity index (χ4n) is 3.84. The van der Waals surface area contributed by atoms with Gasteiger partial charge in [0, 0.05) is 37.7 Å². The predicted molar refractivity (Wildman–Crippen MR) is 101 cm³/mol. The molecule has 2 aromatic rings. The van der Waals surface area contributed by atoms with Gasteiger partial charge in [-0.25, -0.2) is 9.67 Å². The first-order valence-electron chi connectivity index (χ1n) is 9.81. The number of rotatable bonds is 6. The molecule has 1 atom stereocenters. The molecule has 0 aliphatic carbocycles. The summed E-state index contributed by atoms with van der Waals surface area (Å²) in [7, 11) is 0. The van der Waals surface area contributed by atoms with E-state index in [1.807, 2.05) is 34.7 Å². The zero-order chi connectivity index (χ0) is 18.6. The minimum Gasteiger partial charge on any atom is -0.483 e. The van der Waals surface area contributed by atoms with Gasteiger partial charge in [-0.2, -0.15) is 5.10 Å². The maximum atomic E-state index is 12.2. The summed E-state index contributed by atoms with van der Waals surface area (Å²) in [6, 6.07) is 8.30. The number of likely N-dealkylation sites (tertiary alicyclic amines) is 1. The van der Waals surface area contributed by atoms with E-state index in [2.05, 4.69) is 21.5 Å². The average Bonchev–Trinajstić information content (AvgIpc) is 3.33. The van der Waals surface area contributed by atoms with Gasteiger partial charge in [-0.1, -0.05) is 18.2 Å². The smallest absolute Gasteiger partial charge is 0.260 e. The van der Waals surface area contributed by atoms with E-state index < -0.39 is 0 Å². The Hall–Kier alpha value is -2.41. The number of carbonyl (C=O) groups is 1. The Labute approximate surface area is 159 Å². The summed E-state index contributed by atoms with van der Waals surface area (Å²) in [6.45, 7) is 5.31. The van der Waals surface area contributed by atoms with Crippen LogP contribution in [0.4, 0.5) is 0 Å². The molecule has 4 rings (SSSR count). The highest BCUT2D eigenvalue weighted by Gasteiger charge is 2.21. The quantitative estimate of drug-likeness (QED) is 0.839. The monoisotopic (exact) mass is 369 g/mol. The fraction of sp³-hybridized carbons (Fsp3) is 0.550. The van der Waals surface area contributed by atoms with E-state index in [0.29, 0.717) is 12.6 Å². The van der Waals surface area contributed by atoms with Crippen LogP contribution in [0.1, 0.15) is 36.5 Å². The maximum absolute atomic E-state index is 12.2. The molecule has 1 amide bonds. The summed E-state index contributed by atoms with van der Waals surface area (Å²) in [4.78, 5) is 18.6. The third-order valence-corrected chi connectivity index (χ3v) is 5.33. The van der Waals surface area contributed by atoms with Crippen molar-refractivity contribution in [1.29, 1.82) is 0 Å². The second-order valence-electron chi connectivity index (χ2n) is 7.36. The highest BCUT2D eigenvalue weighted by atomic mass is 16.5. The van der Waals surface area contributed by atoms with Crippen LogP contribution < -0.4 is 10.1 Å². The van der Waals surface area contributed by atoms with Gasteiger partial charge in [-0.15, -0.1) is 0 Å². The van der Waals surface area contributed by atoms with Crippen LogP contribution in [-0.2, 0) is 24.3 Å². The van der Waals surface area contributed by atoms with Crippen LogP contribution in [0.15, 0.2) is 24.3 Å². The van der Waals surface area contributed by atoms with E-state index in [-0.39, 0.29) is 12.5 Å². The minimum absolute atomic E-state index is 0.0802. The lowest BCUT2D eigenvalue weighted by molar-refractivity contribution is -0.132. The van der Waals surface area contributed by atoms with Gasteiger partial charge < -0.3 is 15.0 Å². The van der Waals surface area contributed by atoms with Crippen LogP contribution in [-0.4, -0.2) is 51.3 Å². The molecular weight excluding hydrogens is 342 g/mol. The zero-order valence-electron chi connectivity index (χ0n) is 15.9. The molecule has 1 saturated heterocycles. The molecule has 7 heteroatoms. The topological polar surface area (TPSA) is 72.3 Å². The molecule has 0 spiro atoms. The molecule has 1 fully saturated rings. The van der Waals surface area contributed by atoms with E-state index in [9.17, 15) is 4.79 Å². The van der Waals surface area contributed by atoms with E-state index >= 15 is 0 Å². The molecule has 27 heavy (non-hydrogen) atoms. The molecule has 0 radical (unpaired) electrons. The number of nitrogens with zero attached hydrogens (tertiary/aromatic N) is 4. The molecule has 1 unspecified atom stereocenters. The van der Waals surface area contributed by atoms with Gasteiger partial charge in [0.2, 0.25) is 0 Å². The highest BCUT2D eigenvalue weighted by Crippen LogP contribution is 2.20. The van der Waals surface area contributed by atoms with Gasteiger partial charge in [0.05, 0.1) is 6.54 Å². The molecule has 3 heterocycles. The Morgan fingerprint density at radius 1 is 1.30 bits per heavy atom. The Balaban J connectivity index is 1.32. The predicted octanol–water partition coefficient (Wildman–Crippen LogP) is 1.69. The van der Waals surface area contributed by atoms with Gasteiger partial charge in [0.25, 0.3) is 5.91 Å². The molecule has 0 saturated carbocycles. The SMILES string of the molecule is Cc1nc2n(n1)CC(NCc1ccccc1OCC(=O)N1CCCC1)CC2. The van der Waals surface area contributed by atoms with Crippen molar-refractivity contribution in [2.24, 2.45) is 0 Å².